The van der Waals surface area contributed by atoms with Gasteiger partial charge in [-0.1, -0.05) is 18.2 Å². The second kappa shape index (κ2) is 9.97. The van der Waals surface area contributed by atoms with Crippen molar-refractivity contribution in [1.82, 2.24) is 15.1 Å². The van der Waals surface area contributed by atoms with Crippen LogP contribution >= 0.6 is 0 Å². The van der Waals surface area contributed by atoms with E-state index in [9.17, 15) is 4.39 Å². The topological polar surface area (TPSA) is 72.7 Å². The van der Waals surface area contributed by atoms with E-state index in [1.54, 1.807) is 23.0 Å². The molecule has 31 heavy (non-hydrogen) atoms. The molecule has 0 fully saturated rings. The SMILES string of the molecule is Cn1cc(CN=C(NCCc2ccccc2F)Nc2ccc3c(c2)OCCCO3)cn1. The van der Waals surface area contributed by atoms with Crippen molar-refractivity contribution in [3.63, 3.8) is 0 Å². The zero-order chi connectivity index (χ0) is 21.5. The third-order valence-electron chi connectivity index (χ3n) is 4.83. The van der Waals surface area contributed by atoms with Crippen molar-refractivity contribution < 1.29 is 13.9 Å². The predicted octanol–water partition coefficient (Wildman–Crippen LogP) is 3.52. The van der Waals surface area contributed by atoms with Crippen molar-refractivity contribution in [3.8, 4) is 11.5 Å². The van der Waals surface area contributed by atoms with Crippen LogP contribution in [-0.4, -0.2) is 35.5 Å². The van der Waals surface area contributed by atoms with E-state index in [4.69, 9.17) is 9.47 Å². The lowest BCUT2D eigenvalue weighted by Crippen LogP contribution is -2.32. The highest BCUT2D eigenvalue weighted by Crippen LogP contribution is 2.32. The van der Waals surface area contributed by atoms with Crippen LogP contribution in [0.25, 0.3) is 0 Å². The number of hydrogen-bond acceptors (Lipinski definition) is 4. The van der Waals surface area contributed by atoms with Crippen molar-refractivity contribution >= 4 is 11.6 Å². The first-order valence-corrected chi connectivity index (χ1v) is 10.3. The summed E-state index contributed by atoms with van der Waals surface area (Å²) >= 11 is 0. The van der Waals surface area contributed by atoms with Crippen LogP contribution in [0.1, 0.15) is 17.5 Å². The maximum atomic E-state index is 13.9. The summed E-state index contributed by atoms with van der Waals surface area (Å²) in [6.45, 7) is 2.27. The molecule has 8 heteroatoms. The summed E-state index contributed by atoms with van der Waals surface area (Å²) in [7, 11) is 1.87. The van der Waals surface area contributed by atoms with Crippen LogP contribution in [0, 0.1) is 5.82 Å². The van der Waals surface area contributed by atoms with Crippen molar-refractivity contribution in [3.05, 3.63) is 71.8 Å². The Morgan fingerprint density at radius 2 is 2.00 bits per heavy atom. The molecule has 1 aliphatic heterocycles. The molecule has 3 aromatic rings. The van der Waals surface area contributed by atoms with E-state index in [0.717, 1.165) is 23.4 Å². The maximum Gasteiger partial charge on any atom is 0.196 e. The van der Waals surface area contributed by atoms with Gasteiger partial charge in [-0.05, 0) is 30.2 Å². The van der Waals surface area contributed by atoms with Gasteiger partial charge in [-0.25, -0.2) is 9.38 Å². The minimum absolute atomic E-state index is 0.200. The third kappa shape index (κ3) is 5.75. The second-order valence-corrected chi connectivity index (χ2v) is 7.29. The van der Waals surface area contributed by atoms with E-state index >= 15 is 0 Å². The van der Waals surface area contributed by atoms with Gasteiger partial charge in [0.05, 0.1) is 26.0 Å². The number of halogens is 1. The number of guanidine groups is 1. The van der Waals surface area contributed by atoms with Crippen LogP contribution in [0.3, 0.4) is 0 Å². The number of rotatable bonds is 6. The predicted molar refractivity (Wildman–Crippen MR) is 118 cm³/mol. The summed E-state index contributed by atoms with van der Waals surface area (Å²) in [4.78, 5) is 4.66. The Morgan fingerprint density at radius 3 is 2.81 bits per heavy atom. The quantitative estimate of drug-likeness (QED) is 0.469. The number of nitrogens with one attached hydrogen (secondary N) is 2. The number of hydrogen-bond donors (Lipinski definition) is 2. The second-order valence-electron chi connectivity index (χ2n) is 7.29. The summed E-state index contributed by atoms with van der Waals surface area (Å²) in [6.07, 6.45) is 5.11. The molecule has 0 aliphatic carbocycles. The summed E-state index contributed by atoms with van der Waals surface area (Å²) < 4.78 is 27.1. The van der Waals surface area contributed by atoms with E-state index in [-0.39, 0.29) is 5.82 Å². The summed E-state index contributed by atoms with van der Waals surface area (Å²) in [6, 6.07) is 12.5. The number of fused-ring (bicyclic) bond motifs is 1. The van der Waals surface area contributed by atoms with E-state index in [1.807, 2.05) is 37.5 Å². The van der Waals surface area contributed by atoms with Crippen molar-refractivity contribution in [1.29, 1.82) is 0 Å². The number of aliphatic imine (C=N–C) groups is 1. The van der Waals surface area contributed by atoms with Gasteiger partial charge in [-0.3, -0.25) is 4.68 Å². The van der Waals surface area contributed by atoms with E-state index in [1.165, 1.54) is 6.07 Å². The monoisotopic (exact) mass is 423 g/mol. The average Bonchev–Trinajstić information content (AvgIpc) is 3.04. The molecule has 1 aromatic heterocycles. The number of aromatic nitrogens is 2. The summed E-state index contributed by atoms with van der Waals surface area (Å²) in [5, 5.41) is 10.8. The summed E-state index contributed by atoms with van der Waals surface area (Å²) in [5.41, 5.74) is 2.49. The van der Waals surface area contributed by atoms with Crippen LogP contribution in [0.2, 0.25) is 0 Å². The van der Waals surface area contributed by atoms with Gasteiger partial charge in [0.25, 0.3) is 0 Å². The molecule has 0 amide bonds. The van der Waals surface area contributed by atoms with Crippen LogP contribution in [0.5, 0.6) is 11.5 Å². The van der Waals surface area contributed by atoms with Crippen molar-refractivity contribution in [2.24, 2.45) is 12.0 Å². The lowest BCUT2D eigenvalue weighted by Gasteiger charge is -2.15. The molecule has 4 rings (SSSR count). The van der Waals surface area contributed by atoms with E-state index in [2.05, 4.69) is 20.7 Å². The normalized spacial score (nSPS) is 13.5. The molecular weight excluding hydrogens is 397 g/mol. The zero-order valence-electron chi connectivity index (χ0n) is 17.5. The maximum absolute atomic E-state index is 13.9. The van der Waals surface area contributed by atoms with E-state index < -0.39 is 0 Å². The fraction of sp³-hybridized carbons (Fsp3) is 0.304. The van der Waals surface area contributed by atoms with Gasteiger partial charge in [0.15, 0.2) is 17.5 Å². The Morgan fingerprint density at radius 1 is 1.16 bits per heavy atom. The molecule has 0 radical (unpaired) electrons. The fourth-order valence-electron chi connectivity index (χ4n) is 3.26. The molecule has 0 spiro atoms. The Bertz CT molecular complexity index is 1050. The van der Waals surface area contributed by atoms with Gasteiger partial charge in [0.2, 0.25) is 0 Å². The van der Waals surface area contributed by atoms with Gasteiger partial charge in [0, 0.05) is 43.5 Å². The molecule has 2 heterocycles. The molecule has 0 saturated heterocycles. The largest absolute Gasteiger partial charge is 0.490 e. The first kappa shape index (κ1) is 20.7. The average molecular weight is 423 g/mol. The number of benzene rings is 2. The summed E-state index contributed by atoms with van der Waals surface area (Å²) in [5.74, 6) is 1.84. The highest BCUT2D eigenvalue weighted by molar-refractivity contribution is 5.94. The minimum atomic E-state index is -0.200. The zero-order valence-corrected chi connectivity index (χ0v) is 17.5. The molecule has 7 nitrogen and oxygen atoms in total. The number of nitrogens with zero attached hydrogens (tertiary/aromatic N) is 3. The lowest BCUT2D eigenvalue weighted by atomic mass is 10.1. The molecule has 0 unspecified atom stereocenters. The standard InChI is InChI=1S/C23H26FN5O2/c1-29-16-17(15-27-29)14-26-23(25-10-9-18-5-2-3-6-20(18)24)28-19-7-8-21-22(13-19)31-12-4-11-30-21/h2-3,5-8,13,15-16H,4,9-12,14H2,1H3,(H2,25,26,28). The van der Waals surface area contributed by atoms with Crippen LogP contribution in [0.4, 0.5) is 10.1 Å². The van der Waals surface area contributed by atoms with Gasteiger partial charge < -0.3 is 20.1 Å². The van der Waals surface area contributed by atoms with E-state index in [0.29, 0.717) is 50.0 Å². The smallest absolute Gasteiger partial charge is 0.196 e. The highest BCUT2D eigenvalue weighted by Gasteiger charge is 2.12. The fourth-order valence-corrected chi connectivity index (χ4v) is 3.26. The number of aryl methyl sites for hydroxylation is 1. The Labute approximate surface area is 180 Å². The Kier molecular flexibility index (Phi) is 6.66. The first-order chi connectivity index (χ1) is 15.2. The number of anilines is 1. The van der Waals surface area contributed by atoms with Crippen molar-refractivity contribution in [2.75, 3.05) is 25.1 Å². The lowest BCUT2D eigenvalue weighted by molar-refractivity contribution is 0.297. The number of ether oxygens (including phenoxy) is 2. The molecule has 0 saturated carbocycles. The molecule has 1 aliphatic rings. The molecule has 162 valence electrons. The molecule has 2 aromatic carbocycles. The molecule has 0 atom stereocenters. The van der Waals surface area contributed by atoms with Gasteiger partial charge >= 0.3 is 0 Å². The van der Waals surface area contributed by atoms with Crippen LogP contribution in [0.15, 0.2) is 59.9 Å². The van der Waals surface area contributed by atoms with Crippen LogP contribution in [-0.2, 0) is 20.0 Å². The molecule has 2 N–H and O–H groups in total. The Balaban J connectivity index is 1.46. The highest BCUT2D eigenvalue weighted by atomic mass is 19.1. The molecular formula is C23H26FN5O2. The van der Waals surface area contributed by atoms with Crippen LogP contribution < -0.4 is 20.1 Å². The van der Waals surface area contributed by atoms with Gasteiger partial charge in [-0.2, -0.15) is 5.10 Å². The van der Waals surface area contributed by atoms with Gasteiger partial charge in [0.1, 0.15) is 5.82 Å². The molecule has 0 bridgehead atoms. The third-order valence-corrected chi connectivity index (χ3v) is 4.83. The Hall–Kier alpha value is -3.55. The van der Waals surface area contributed by atoms with Crippen molar-refractivity contribution in [2.45, 2.75) is 19.4 Å². The first-order valence-electron chi connectivity index (χ1n) is 10.3. The minimum Gasteiger partial charge on any atom is -0.490 e. The van der Waals surface area contributed by atoms with Gasteiger partial charge in [-0.15, -0.1) is 0 Å².